The number of amides is 2. The van der Waals surface area contributed by atoms with Gasteiger partial charge in [0.05, 0.1) is 0 Å². The Hall–Kier alpha value is -2.31. The summed E-state index contributed by atoms with van der Waals surface area (Å²) in [4.78, 5) is 33.4. The Bertz CT molecular complexity index is 504. The Balaban J connectivity index is 1.71. The lowest BCUT2D eigenvalue weighted by molar-refractivity contribution is -0.122. The van der Waals surface area contributed by atoms with Gasteiger partial charge in [-0.15, -0.1) is 0 Å². The Morgan fingerprint density at radius 1 is 1.16 bits per heavy atom. The largest absolute Gasteiger partial charge is 0.475 e. The molecule has 0 aromatic carbocycles. The Morgan fingerprint density at radius 3 is 2.37 bits per heavy atom. The molecule has 2 amide bonds. The van der Waals surface area contributed by atoms with Crippen molar-refractivity contribution in [2.24, 2.45) is 5.92 Å². The monoisotopic (exact) mass is 266 g/mol. The van der Waals surface area contributed by atoms with Gasteiger partial charge in [-0.25, -0.2) is 4.79 Å². The van der Waals surface area contributed by atoms with Gasteiger partial charge in [0.15, 0.2) is 5.76 Å². The minimum atomic E-state index is -1.23. The molecule has 0 unspecified atom stereocenters. The molecular formula is C12H14N2O5. The zero-order valence-corrected chi connectivity index (χ0v) is 10.1. The molecule has 2 rings (SSSR count). The maximum atomic E-state index is 11.6. The van der Waals surface area contributed by atoms with Crippen molar-refractivity contribution in [1.29, 1.82) is 0 Å². The van der Waals surface area contributed by atoms with Crippen LogP contribution in [0.1, 0.15) is 34.0 Å². The van der Waals surface area contributed by atoms with Gasteiger partial charge in [0, 0.05) is 19.0 Å². The second kappa shape index (κ2) is 5.55. The number of rotatable bonds is 6. The number of carboxylic acid groups (broad SMARTS) is 1. The number of furan rings is 1. The normalized spacial score (nSPS) is 13.9. The van der Waals surface area contributed by atoms with Crippen molar-refractivity contribution >= 4 is 17.8 Å². The Kier molecular flexibility index (Phi) is 3.84. The topological polar surface area (TPSA) is 109 Å². The van der Waals surface area contributed by atoms with Crippen molar-refractivity contribution in [3.63, 3.8) is 0 Å². The zero-order chi connectivity index (χ0) is 13.8. The molecular weight excluding hydrogens is 252 g/mol. The summed E-state index contributed by atoms with van der Waals surface area (Å²) in [6.45, 7) is 0.605. The maximum absolute atomic E-state index is 11.6. The van der Waals surface area contributed by atoms with Gasteiger partial charge in [-0.3, -0.25) is 9.59 Å². The summed E-state index contributed by atoms with van der Waals surface area (Å²) in [6, 6.07) is 2.51. The average Bonchev–Trinajstić information content (AvgIpc) is 3.10. The van der Waals surface area contributed by atoms with E-state index < -0.39 is 11.9 Å². The first-order valence-corrected chi connectivity index (χ1v) is 5.97. The summed E-state index contributed by atoms with van der Waals surface area (Å²) < 4.78 is 4.83. The van der Waals surface area contributed by atoms with Crippen LogP contribution >= 0.6 is 0 Å². The molecule has 3 N–H and O–H groups in total. The summed E-state index contributed by atoms with van der Waals surface area (Å²) in [7, 11) is 0. The molecule has 19 heavy (non-hydrogen) atoms. The molecule has 1 heterocycles. The fraction of sp³-hybridized carbons (Fsp3) is 0.417. The third kappa shape index (κ3) is 3.57. The molecule has 1 aliphatic rings. The lowest BCUT2D eigenvalue weighted by Crippen LogP contribution is -2.35. The van der Waals surface area contributed by atoms with E-state index in [-0.39, 0.29) is 29.9 Å². The number of carboxylic acids is 1. The van der Waals surface area contributed by atoms with Crippen LogP contribution < -0.4 is 10.6 Å². The van der Waals surface area contributed by atoms with Crippen molar-refractivity contribution < 1.29 is 23.9 Å². The molecule has 0 aliphatic heterocycles. The van der Waals surface area contributed by atoms with Gasteiger partial charge in [0.1, 0.15) is 0 Å². The fourth-order valence-electron chi connectivity index (χ4n) is 1.51. The van der Waals surface area contributed by atoms with Crippen LogP contribution in [-0.2, 0) is 4.79 Å². The minimum absolute atomic E-state index is 0.0143. The zero-order valence-electron chi connectivity index (χ0n) is 10.1. The van der Waals surface area contributed by atoms with Crippen LogP contribution in [0.5, 0.6) is 0 Å². The van der Waals surface area contributed by atoms with Gasteiger partial charge in [-0.1, -0.05) is 0 Å². The van der Waals surface area contributed by atoms with Crippen molar-refractivity contribution in [3.8, 4) is 0 Å². The standard InChI is InChI=1S/C12H14N2O5/c15-10(7-1-2-7)13-5-6-14-11(16)8-3-4-9(19-8)12(17)18/h3-4,7H,1-2,5-6H2,(H,13,15)(H,14,16)(H,17,18). The molecule has 0 saturated heterocycles. The highest BCUT2D eigenvalue weighted by molar-refractivity contribution is 5.93. The van der Waals surface area contributed by atoms with Crippen molar-refractivity contribution in [3.05, 3.63) is 23.7 Å². The number of aromatic carboxylic acids is 1. The van der Waals surface area contributed by atoms with Gasteiger partial charge in [0.2, 0.25) is 11.7 Å². The molecule has 7 nitrogen and oxygen atoms in total. The van der Waals surface area contributed by atoms with Crippen LogP contribution in [-0.4, -0.2) is 36.0 Å². The van der Waals surface area contributed by atoms with E-state index in [4.69, 9.17) is 9.52 Å². The molecule has 1 aliphatic carbocycles. The molecule has 102 valence electrons. The molecule has 0 atom stereocenters. The Morgan fingerprint density at radius 2 is 1.79 bits per heavy atom. The molecule has 1 fully saturated rings. The van der Waals surface area contributed by atoms with Crippen LogP contribution in [0.3, 0.4) is 0 Å². The highest BCUT2D eigenvalue weighted by Gasteiger charge is 2.29. The summed E-state index contributed by atoms with van der Waals surface area (Å²) >= 11 is 0. The Labute approximate surface area is 109 Å². The average molecular weight is 266 g/mol. The number of carbonyl (C=O) groups excluding carboxylic acids is 2. The molecule has 7 heteroatoms. The van der Waals surface area contributed by atoms with Gasteiger partial charge in [-0.05, 0) is 25.0 Å². The van der Waals surface area contributed by atoms with E-state index in [1.54, 1.807) is 0 Å². The number of hydrogen-bond acceptors (Lipinski definition) is 4. The van der Waals surface area contributed by atoms with Gasteiger partial charge in [-0.2, -0.15) is 0 Å². The van der Waals surface area contributed by atoms with Crippen molar-refractivity contribution in [2.75, 3.05) is 13.1 Å². The van der Waals surface area contributed by atoms with Crippen LogP contribution in [0, 0.1) is 5.92 Å². The molecule has 1 saturated carbocycles. The predicted octanol–water partition coefficient (Wildman–Crippen LogP) is 0.234. The predicted molar refractivity (Wildman–Crippen MR) is 63.7 cm³/mol. The third-order valence-corrected chi connectivity index (χ3v) is 2.70. The van der Waals surface area contributed by atoms with Crippen molar-refractivity contribution in [1.82, 2.24) is 10.6 Å². The lowest BCUT2D eigenvalue weighted by atomic mass is 10.4. The van der Waals surface area contributed by atoms with E-state index in [0.29, 0.717) is 6.54 Å². The van der Waals surface area contributed by atoms with E-state index in [9.17, 15) is 14.4 Å². The maximum Gasteiger partial charge on any atom is 0.371 e. The fourth-order valence-corrected chi connectivity index (χ4v) is 1.51. The van der Waals surface area contributed by atoms with Gasteiger partial charge >= 0.3 is 5.97 Å². The van der Waals surface area contributed by atoms with E-state index in [1.165, 1.54) is 12.1 Å². The van der Waals surface area contributed by atoms with E-state index in [0.717, 1.165) is 12.8 Å². The first-order chi connectivity index (χ1) is 9.08. The molecule has 0 spiro atoms. The molecule has 1 aromatic rings. The number of hydrogen-bond donors (Lipinski definition) is 3. The van der Waals surface area contributed by atoms with Crippen LogP contribution in [0.4, 0.5) is 0 Å². The first-order valence-electron chi connectivity index (χ1n) is 5.97. The quantitative estimate of drug-likeness (QED) is 0.639. The number of carbonyl (C=O) groups is 3. The second-order valence-electron chi connectivity index (χ2n) is 4.29. The summed E-state index contributed by atoms with van der Waals surface area (Å²) in [5.41, 5.74) is 0. The smallest absolute Gasteiger partial charge is 0.371 e. The van der Waals surface area contributed by atoms with Gasteiger partial charge in [0.25, 0.3) is 5.91 Å². The summed E-state index contributed by atoms with van der Waals surface area (Å²) in [5.74, 6) is -1.93. The highest BCUT2D eigenvalue weighted by atomic mass is 16.4. The third-order valence-electron chi connectivity index (χ3n) is 2.70. The summed E-state index contributed by atoms with van der Waals surface area (Å²) in [6.07, 6.45) is 1.87. The van der Waals surface area contributed by atoms with Crippen LogP contribution in [0.25, 0.3) is 0 Å². The first kappa shape index (κ1) is 13.1. The minimum Gasteiger partial charge on any atom is -0.475 e. The lowest BCUT2D eigenvalue weighted by Gasteiger charge is -2.05. The van der Waals surface area contributed by atoms with E-state index >= 15 is 0 Å². The SMILES string of the molecule is O=C(O)c1ccc(C(=O)NCCNC(=O)C2CC2)o1. The molecule has 1 aromatic heterocycles. The van der Waals surface area contributed by atoms with Crippen LogP contribution in [0.2, 0.25) is 0 Å². The highest BCUT2D eigenvalue weighted by Crippen LogP contribution is 2.28. The summed E-state index contributed by atoms with van der Waals surface area (Å²) in [5, 5.41) is 13.9. The van der Waals surface area contributed by atoms with Crippen LogP contribution in [0.15, 0.2) is 16.5 Å². The van der Waals surface area contributed by atoms with E-state index in [2.05, 4.69) is 10.6 Å². The van der Waals surface area contributed by atoms with Gasteiger partial charge < -0.3 is 20.2 Å². The molecule has 0 bridgehead atoms. The second-order valence-corrected chi connectivity index (χ2v) is 4.29. The number of nitrogens with one attached hydrogen (secondary N) is 2. The molecule has 0 radical (unpaired) electrons. The van der Waals surface area contributed by atoms with E-state index in [1.807, 2.05) is 0 Å². The van der Waals surface area contributed by atoms with Crippen molar-refractivity contribution in [2.45, 2.75) is 12.8 Å².